The van der Waals surface area contributed by atoms with Crippen LogP contribution in [0.3, 0.4) is 0 Å². The lowest BCUT2D eigenvalue weighted by atomic mass is 10.1. The Morgan fingerprint density at radius 2 is 2.13 bits per heavy atom. The van der Waals surface area contributed by atoms with E-state index in [0.717, 1.165) is 0 Å². The van der Waals surface area contributed by atoms with Crippen LogP contribution in [0.5, 0.6) is 0 Å². The van der Waals surface area contributed by atoms with Gasteiger partial charge in [-0.15, -0.1) is 0 Å². The van der Waals surface area contributed by atoms with E-state index in [-0.39, 0.29) is 17.6 Å². The van der Waals surface area contributed by atoms with Crippen LogP contribution in [-0.4, -0.2) is 29.0 Å². The Morgan fingerprint density at radius 1 is 1.39 bits per heavy atom. The molecule has 6 nitrogen and oxygen atoms in total. The van der Waals surface area contributed by atoms with Crippen LogP contribution < -0.4 is 16.0 Å². The molecule has 0 bridgehead atoms. The zero-order chi connectivity index (χ0) is 16.4. The zero-order valence-corrected chi connectivity index (χ0v) is 12.9. The standard InChI is InChI=1S/C15H15ClFN5O/c16-12-7-19-15(22-6-5-9(8-22)13(18)23)21-14(12)20-11-3-1-10(17)2-4-11/h1-4,7,9H,5-6,8H2,(H2,18,23)(H,19,20,21). The quantitative estimate of drug-likeness (QED) is 0.895. The van der Waals surface area contributed by atoms with E-state index in [9.17, 15) is 9.18 Å². The Labute approximate surface area is 137 Å². The summed E-state index contributed by atoms with van der Waals surface area (Å²) in [5.74, 6) is 0.0713. The van der Waals surface area contributed by atoms with Crippen molar-refractivity contribution in [3.8, 4) is 0 Å². The molecule has 1 aliphatic heterocycles. The third-order valence-corrected chi connectivity index (χ3v) is 3.99. The number of benzene rings is 1. The number of primary amides is 1. The van der Waals surface area contributed by atoms with Gasteiger partial charge in [-0.05, 0) is 30.7 Å². The van der Waals surface area contributed by atoms with Gasteiger partial charge in [0, 0.05) is 18.8 Å². The normalized spacial score (nSPS) is 17.3. The summed E-state index contributed by atoms with van der Waals surface area (Å²) >= 11 is 6.11. The number of carbonyl (C=O) groups excluding carboxylic acids is 1. The lowest BCUT2D eigenvalue weighted by molar-refractivity contribution is -0.121. The molecule has 1 fully saturated rings. The second-order valence-electron chi connectivity index (χ2n) is 5.33. The highest BCUT2D eigenvalue weighted by Gasteiger charge is 2.28. The molecule has 3 rings (SSSR count). The summed E-state index contributed by atoms with van der Waals surface area (Å²) in [6.07, 6.45) is 2.18. The lowest BCUT2D eigenvalue weighted by Gasteiger charge is -2.17. The van der Waals surface area contributed by atoms with Crippen LogP contribution >= 0.6 is 11.6 Å². The van der Waals surface area contributed by atoms with Crippen LogP contribution in [-0.2, 0) is 4.79 Å². The summed E-state index contributed by atoms with van der Waals surface area (Å²) in [5.41, 5.74) is 6.00. The lowest BCUT2D eigenvalue weighted by Crippen LogP contribution is -2.28. The fraction of sp³-hybridized carbons (Fsp3) is 0.267. The highest BCUT2D eigenvalue weighted by Crippen LogP contribution is 2.27. The number of rotatable bonds is 4. The van der Waals surface area contributed by atoms with E-state index in [1.165, 1.54) is 18.3 Å². The molecule has 3 N–H and O–H groups in total. The van der Waals surface area contributed by atoms with Crippen LogP contribution in [0.1, 0.15) is 6.42 Å². The number of hydrogen-bond donors (Lipinski definition) is 2. The van der Waals surface area contributed by atoms with Crippen LogP contribution in [0.15, 0.2) is 30.5 Å². The summed E-state index contributed by atoms with van der Waals surface area (Å²) in [6, 6.07) is 5.87. The molecule has 0 aliphatic carbocycles. The fourth-order valence-corrected chi connectivity index (χ4v) is 2.58. The smallest absolute Gasteiger partial charge is 0.227 e. The highest BCUT2D eigenvalue weighted by atomic mass is 35.5. The first-order valence-electron chi connectivity index (χ1n) is 7.12. The molecular formula is C15H15ClFN5O. The summed E-state index contributed by atoms with van der Waals surface area (Å²) < 4.78 is 13.0. The molecule has 1 aromatic heterocycles. The number of halogens is 2. The van der Waals surface area contributed by atoms with Gasteiger partial charge in [-0.3, -0.25) is 4.79 Å². The largest absolute Gasteiger partial charge is 0.369 e. The van der Waals surface area contributed by atoms with Gasteiger partial charge in [-0.1, -0.05) is 11.6 Å². The maximum Gasteiger partial charge on any atom is 0.227 e. The molecule has 2 heterocycles. The molecule has 1 aliphatic rings. The molecular weight excluding hydrogens is 321 g/mol. The Bertz CT molecular complexity index is 724. The maximum absolute atomic E-state index is 13.0. The van der Waals surface area contributed by atoms with Gasteiger partial charge in [0.25, 0.3) is 0 Å². The highest BCUT2D eigenvalue weighted by molar-refractivity contribution is 6.32. The van der Waals surface area contributed by atoms with Crippen LogP contribution in [0.2, 0.25) is 5.02 Å². The summed E-state index contributed by atoms with van der Waals surface area (Å²) in [4.78, 5) is 21.7. The predicted octanol–water partition coefficient (Wildman–Crippen LogP) is 2.32. The van der Waals surface area contributed by atoms with Gasteiger partial charge in [-0.2, -0.15) is 4.98 Å². The van der Waals surface area contributed by atoms with Gasteiger partial charge < -0.3 is 16.0 Å². The second-order valence-corrected chi connectivity index (χ2v) is 5.74. The zero-order valence-electron chi connectivity index (χ0n) is 12.2. The van der Waals surface area contributed by atoms with Crippen molar-refractivity contribution >= 4 is 35.0 Å². The minimum Gasteiger partial charge on any atom is -0.369 e. The molecule has 1 amide bonds. The van der Waals surface area contributed by atoms with Crippen molar-refractivity contribution in [3.63, 3.8) is 0 Å². The summed E-state index contributed by atoms with van der Waals surface area (Å²) in [7, 11) is 0. The molecule has 8 heteroatoms. The molecule has 120 valence electrons. The van der Waals surface area contributed by atoms with Crippen LogP contribution in [0, 0.1) is 11.7 Å². The van der Waals surface area contributed by atoms with Crippen molar-refractivity contribution in [1.82, 2.24) is 9.97 Å². The van der Waals surface area contributed by atoms with E-state index in [1.807, 2.05) is 4.90 Å². The average molecular weight is 336 g/mol. The number of carbonyl (C=O) groups is 1. The van der Waals surface area contributed by atoms with Gasteiger partial charge in [0.2, 0.25) is 11.9 Å². The van der Waals surface area contributed by atoms with Crippen molar-refractivity contribution in [2.24, 2.45) is 11.7 Å². The molecule has 1 saturated heterocycles. The van der Waals surface area contributed by atoms with E-state index in [4.69, 9.17) is 17.3 Å². The van der Waals surface area contributed by atoms with Gasteiger partial charge in [0.05, 0.1) is 12.1 Å². The van der Waals surface area contributed by atoms with Gasteiger partial charge in [-0.25, -0.2) is 9.37 Å². The van der Waals surface area contributed by atoms with Crippen molar-refractivity contribution in [2.45, 2.75) is 6.42 Å². The van der Waals surface area contributed by atoms with E-state index >= 15 is 0 Å². The molecule has 1 atom stereocenters. The van der Waals surface area contributed by atoms with Crippen molar-refractivity contribution in [3.05, 3.63) is 41.3 Å². The number of hydrogen-bond acceptors (Lipinski definition) is 5. The molecule has 0 saturated carbocycles. The second kappa shape index (κ2) is 6.37. The van der Waals surface area contributed by atoms with Crippen LogP contribution in [0.25, 0.3) is 0 Å². The summed E-state index contributed by atoms with van der Waals surface area (Å²) in [5, 5.41) is 3.38. The fourth-order valence-electron chi connectivity index (χ4n) is 2.44. The topological polar surface area (TPSA) is 84.1 Å². The van der Waals surface area contributed by atoms with E-state index < -0.39 is 0 Å². The third kappa shape index (κ3) is 3.50. The van der Waals surface area contributed by atoms with Crippen LogP contribution in [0.4, 0.5) is 21.8 Å². The van der Waals surface area contributed by atoms with Gasteiger partial charge in [0.1, 0.15) is 10.8 Å². The number of aromatic nitrogens is 2. The Balaban J connectivity index is 1.79. The van der Waals surface area contributed by atoms with E-state index in [2.05, 4.69) is 15.3 Å². The molecule has 2 aromatic rings. The number of amides is 1. The first kappa shape index (κ1) is 15.5. The first-order chi connectivity index (χ1) is 11.0. The molecule has 1 unspecified atom stereocenters. The van der Waals surface area contributed by atoms with Gasteiger partial charge in [0.15, 0.2) is 5.82 Å². The van der Waals surface area contributed by atoms with E-state index in [1.54, 1.807) is 12.1 Å². The maximum atomic E-state index is 13.0. The van der Waals surface area contributed by atoms with Crippen molar-refractivity contribution in [1.29, 1.82) is 0 Å². The molecule has 0 spiro atoms. The van der Waals surface area contributed by atoms with Crippen molar-refractivity contribution < 1.29 is 9.18 Å². The average Bonchev–Trinajstić information content (AvgIpc) is 3.02. The Hall–Kier alpha value is -2.41. The van der Waals surface area contributed by atoms with Crippen molar-refractivity contribution in [2.75, 3.05) is 23.3 Å². The van der Waals surface area contributed by atoms with Gasteiger partial charge >= 0.3 is 0 Å². The minimum atomic E-state index is -0.320. The third-order valence-electron chi connectivity index (χ3n) is 3.71. The Kier molecular flexibility index (Phi) is 4.29. The number of nitrogens with two attached hydrogens (primary N) is 1. The molecule has 23 heavy (non-hydrogen) atoms. The first-order valence-corrected chi connectivity index (χ1v) is 7.50. The Morgan fingerprint density at radius 3 is 2.78 bits per heavy atom. The predicted molar refractivity (Wildman–Crippen MR) is 86.2 cm³/mol. The number of nitrogens with zero attached hydrogens (tertiary/aromatic N) is 3. The monoisotopic (exact) mass is 335 g/mol. The number of nitrogens with one attached hydrogen (secondary N) is 1. The molecule has 0 radical (unpaired) electrons. The van der Waals surface area contributed by atoms with E-state index in [0.29, 0.717) is 42.0 Å². The number of anilines is 3. The SMILES string of the molecule is NC(=O)C1CCN(c2ncc(Cl)c(Nc3ccc(F)cc3)n2)C1. The summed E-state index contributed by atoms with van der Waals surface area (Å²) in [6.45, 7) is 1.15. The molecule has 1 aromatic carbocycles. The minimum absolute atomic E-state index is 0.192.